The largest absolute Gasteiger partial charge is 0.356 e. The van der Waals surface area contributed by atoms with Gasteiger partial charge in [-0.2, -0.15) is 0 Å². The fourth-order valence-corrected chi connectivity index (χ4v) is 3.25. The molecule has 2 rings (SSSR count). The first-order valence-electron chi connectivity index (χ1n) is 9.21. The van der Waals surface area contributed by atoms with Crippen molar-refractivity contribution >= 4 is 11.8 Å². The number of benzene rings is 1. The number of carbonyl (C=O) groups is 2. The van der Waals surface area contributed by atoms with E-state index in [1.807, 2.05) is 44.1 Å². The van der Waals surface area contributed by atoms with Gasteiger partial charge in [-0.1, -0.05) is 29.8 Å². The number of carbonyl (C=O) groups excluding carboxylic acids is 2. The second kappa shape index (κ2) is 9.56. The minimum Gasteiger partial charge on any atom is -0.356 e. The van der Waals surface area contributed by atoms with Gasteiger partial charge in [0.05, 0.1) is 6.42 Å². The monoisotopic (exact) mass is 345 g/mol. The normalized spacial score (nSPS) is 15.4. The lowest BCUT2D eigenvalue weighted by Crippen LogP contribution is -2.43. The van der Waals surface area contributed by atoms with Crippen molar-refractivity contribution in [2.24, 2.45) is 5.92 Å². The van der Waals surface area contributed by atoms with Gasteiger partial charge < -0.3 is 15.1 Å². The molecule has 1 aromatic carbocycles. The van der Waals surface area contributed by atoms with Gasteiger partial charge in [-0.3, -0.25) is 9.59 Å². The number of piperidine rings is 1. The van der Waals surface area contributed by atoms with E-state index in [1.165, 1.54) is 5.56 Å². The summed E-state index contributed by atoms with van der Waals surface area (Å²) in [5.74, 6) is 0.349. The first-order chi connectivity index (χ1) is 12.0. The Labute approximate surface area is 151 Å². The summed E-state index contributed by atoms with van der Waals surface area (Å²) in [6.07, 6.45) is 2.94. The van der Waals surface area contributed by atoms with Gasteiger partial charge in [0.1, 0.15) is 0 Å². The van der Waals surface area contributed by atoms with Gasteiger partial charge in [-0.15, -0.1) is 0 Å². The second-order valence-corrected chi connectivity index (χ2v) is 7.27. The molecule has 0 atom stereocenters. The summed E-state index contributed by atoms with van der Waals surface area (Å²) in [4.78, 5) is 28.7. The molecule has 0 spiro atoms. The van der Waals surface area contributed by atoms with Crippen molar-refractivity contribution in [3.8, 4) is 0 Å². The van der Waals surface area contributed by atoms with Crippen LogP contribution >= 0.6 is 0 Å². The average molecular weight is 345 g/mol. The molecular weight excluding hydrogens is 314 g/mol. The van der Waals surface area contributed by atoms with Gasteiger partial charge in [0.15, 0.2) is 0 Å². The lowest BCUT2D eigenvalue weighted by molar-refractivity contribution is -0.135. The number of rotatable bonds is 7. The predicted molar refractivity (Wildman–Crippen MR) is 100 cm³/mol. The van der Waals surface area contributed by atoms with Gasteiger partial charge >= 0.3 is 0 Å². The van der Waals surface area contributed by atoms with E-state index >= 15 is 0 Å². The second-order valence-electron chi connectivity index (χ2n) is 7.27. The fraction of sp³-hybridized carbons (Fsp3) is 0.600. The molecule has 0 radical (unpaired) electrons. The van der Waals surface area contributed by atoms with Crippen LogP contribution in [0.4, 0.5) is 0 Å². The highest BCUT2D eigenvalue weighted by Gasteiger charge is 2.27. The molecule has 1 aromatic rings. The van der Waals surface area contributed by atoms with Crippen molar-refractivity contribution in [3.05, 3.63) is 35.4 Å². The van der Waals surface area contributed by atoms with Crippen LogP contribution in [-0.4, -0.2) is 61.9 Å². The van der Waals surface area contributed by atoms with E-state index in [9.17, 15) is 9.59 Å². The number of hydrogen-bond acceptors (Lipinski definition) is 3. The summed E-state index contributed by atoms with van der Waals surface area (Å²) in [6, 6.07) is 8.09. The molecule has 2 amide bonds. The van der Waals surface area contributed by atoms with Gasteiger partial charge in [-0.25, -0.2) is 0 Å². The van der Waals surface area contributed by atoms with E-state index in [0.29, 0.717) is 19.5 Å². The predicted octanol–water partition coefficient (Wildman–Crippen LogP) is 1.84. The topological polar surface area (TPSA) is 52.7 Å². The summed E-state index contributed by atoms with van der Waals surface area (Å²) in [5.41, 5.74) is 2.24. The van der Waals surface area contributed by atoms with Crippen molar-refractivity contribution in [1.82, 2.24) is 15.1 Å². The zero-order valence-electron chi connectivity index (χ0n) is 15.8. The molecule has 1 fully saturated rings. The standard InChI is InChI=1S/C20H31N3O2/c1-16-6-4-7-17(14-16)15-19(24)23-12-8-18(9-13-23)20(25)21-10-5-11-22(2)3/h4,6-7,14,18H,5,8-13,15H2,1-3H3,(H,21,25). The van der Waals surface area contributed by atoms with Crippen LogP contribution < -0.4 is 5.32 Å². The number of aryl methyl sites for hydroxylation is 1. The van der Waals surface area contributed by atoms with Gasteiger partial charge in [0.2, 0.25) is 11.8 Å². The lowest BCUT2D eigenvalue weighted by Gasteiger charge is -2.31. The summed E-state index contributed by atoms with van der Waals surface area (Å²) >= 11 is 0. The van der Waals surface area contributed by atoms with Crippen LogP contribution in [0.3, 0.4) is 0 Å². The first-order valence-corrected chi connectivity index (χ1v) is 9.21. The Bertz CT molecular complexity index is 578. The molecule has 1 heterocycles. The van der Waals surface area contributed by atoms with Crippen molar-refractivity contribution < 1.29 is 9.59 Å². The van der Waals surface area contributed by atoms with Crippen LogP contribution in [0.2, 0.25) is 0 Å². The molecule has 1 saturated heterocycles. The van der Waals surface area contributed by atoms with Crippen LogP contribution in [0.5, 0.6) is 0 Å². The lowest BCUT2D eigenvalue weighted by atomic mass is 9.95. The minimum absolute atomic E-state index is 0.0439. The van der Waals surface area contributed by atoms with Crippen molar-refractivity contribution in [2.45, 2.75) is 32.6 Å². The maximum absolute atomic E-state index is 12.5. The molecule has 1 aliphatic heterocycles. The Hall–Kier alpha value is -1.88. The molecule has 5 heteroatoms. The SMILES string of the molecule is Cc1cccc(CC(=O)N2CCC(C(=O)NCCCN(C)C)CC2)c1. The molecule has 0 aliphatic carbocycles. The third kappa shape index (κ3) is 6.50. The van der Waals surface area contributed by atoms with E-state index in [-0.39, 0.29) is 17.7 Å². The van der Waals surface area contributed by atoms with Crippen molar-refractivity contribution in [2.75, 3.05) is 40.3 Å². The summed E-state index contributed by atoms with van der Waals surface area (Å²) in [6.45, 7) is 5.10. The van der Waals surface area contributed by atoms with Gasteiger partial charge in [0.25, 0.3) is 0 Å². The zero-order chi connectivity index (χ0) is 18.2. The Morgan fingerprint density at radius 3 is 2.60 bits per heavy atom. The van der Waals surface area contributed by atoms with E-state index in [0.717, 1.165) is 37.9 Å². The quantitative estimate of drug-likeness (QED) is 0.767. The maximum Gasteiger partial charge on any atom is 0.226 e. The van der Waals surface area contributed by atoms with E-state index < -0.39 is 0 Å². The third-order valence-corrected chi connectivity index (χ3v) is 4.74. The van der Waals surface area contributed by atoms with Crippen LogP contribution in [0.25, 0.3) is 0 Å². The molecule has 1 aliphatic rings. The van der Waals surface area contributed by atoms with Crippen LogP contribution in [0.15, 0.2) is 24.3 Å². The third-order valence-electron chi connectivity index (χ3n) is 4.74. The summed E-state index contributed by atoms with van der Waals surface area (Å²) < 4.78 is 0. The van der Waals surface area contributed by atoms with E-state index in [4.69, 9.17) is 0 Å². The smallest absolute Gasteiger partial charge is 0.226 e. The molecule has 5 nitrogen and oxygen atoms in total. The van der Waals surface area contributed by atoms with Crippen LogP contribution in [0.1, 0.15) is 30.4 Å². The van der Waals surface area contributed by atoms with Crippen molar-refractivity contribution in [1.29, 1.82) is 0 Å². The Balaban J connectivity index is 1.71. The van der Waals surface area contributed by atoms with Crippen molar-refractivity contribution in [3.63, 3.8) is 0 Å². The Morgan fingerprint density at radius 1 is 1.24 bits per heavy atom. The molecule has 25 heavy (non-hydrogen) atoms. The molecule has 0 saturated carbocycles. The molecule has 0 unspecified atom stereocenters. The molecular formula is C20H31N3O2. The Morgan fingerprint density at radius 2 is 1.96 bits per heavy atom. The first kappa shape index (κ1) is 19.4. The highest BCUT2D eigenvalue weighted by molar-refractivity contribution is 5.81. The average Bonchev–Trinajstić information content (AvgIpc) is 2.58. The summed E-state index contributed by atoms with van der Waals surface area (Å²) in [5, 5.41) is 3.03. The highest BCUT2D eigenvalue weighted by Crippen LogP contribution is 2.18. The van der Waals surface area contributed by atoms with Crippen LogP contribution in [-0.2, 0) is 16.0 Å². The number of hydrogen-bond donors (Lipinski definition) is 1. The number of likely N-dealkylation sites (tertiary alicyclic amines) is 1. The maximum atomic E-state index is 12.5. The molecule has 0 aromatic heterocycles. The summed E-state index contributed by atoms with van der Waals surface area (Å²) in [7, 11) is 4.07. The van der Waals surface area contributed by atoms with E-state index in [2.05, 4.69) is 16.3 Å². The van der Waals surface area contributed by atoms with E-state index in [1.54, 1.807) is 0 Å². The van der Waals surface area contributed by atoms with Crippen LogP contribution in [0, 0.1) is 12.8 Å². The number of amides is 2. The highest BCUT2D eigenvalue weighted by atomic mass is 16.2. The zero-order valence-corrected chi connectivity index (χ0v) is 15.8. The minimum atomic E-state index is 0.0439. The molecule has 1 N–H and O–H groups in total. The Kier molecular flexibility index (Phi) is 7.44. The van der Waals surface area contributed by atoms with Gasteiger partial charge in [-0.05, 0) is 52.4 Å². The fourth-order valence-electron chi connectivity index (χ4n) is 3.25. The number of nitrogens with zero attached hydrogens (tertiary/aromatic N) is 2. The molecule has 138 valence electrons. The van der Waals surface area contributed by atoms with Gasteiger partial charge in [0, 0.05) is 25.6 Å². The number of nitrogens with one attached hydrogen (secondary N) is 1. The molecule has 0 bridgehead atoms.